The number of fused-ring (bicyclic) bond motifs is 2. The van der Waals surface area contributed by atoms with Crippen molar-refractivity contribution in [3.8, 4) is 5.75 Å². The van der Waals surface area contributed by atoms with Crippen LogP contribution in [0.2, 0.25) is 10.0 Å². The molecule has 51 heavy (non-hydrogen) atoms. The number of hydrogen-bond acceptors (Lipinski definition) is 6. The highest BCUT2D eigenvalue weighted by atomic mass is 35.5. The van der Waals surface area contributed by atoms with Crippen LogP contribution in [0.15, 0.2) is 54.6 Å². The summed E-state index contributed by atoms with van der Waals surface area (Å²) in [6, 6.07) is 13.6. The van der Waals surface area contributed by atoms with Crippen molar-refractivity contribution >= 4 is 52.4 Å². The van der Waals surface area contributed by atoms with Gasteiger partial charge in [-0.3, -0.25) is 9.59 Å². The minimum Gasteiger partial charge on any atom is -0.495 e. The molecule has 0 aromatic heterocycles. The fraction of sp³-hybridized carbons (Fsp3) is 0.462. The molecule has 1 saturated heterocycles. The van der Waals surface area contributed by atoms with E-state index in [1.807, 2.05) is 18.2 Å². The van der Waals surface area contributed by atoms with Crippen molar-refractivity contribution in [1.29, 1.82) is 0 Å². The number of ether oxygens (including phenoxy) is 1. The van der Waals surface area contributed by atoms with Gasteiger partial charge in [-0.15, -0.1) is 0 Å². The zero-order valence-electron chi connectivity index (χ0n) is 29.1. The van der Waals surface area contributed by atoms with Crippen molar-refractivity contribution < 1.29 is 33.7 Å². The molecule has 1 saturated carbocycles. The Balaban J connectivity index is 1.48. The number of aromatic carboxylic acids is 1. The standard InChI is InChI=1S/C39H44Cl2FN3O6/c1-38(2,3)18-31-39(20-45(29-15-13-24(40)17-26(29)39)19-21-8-10-22(11-9-21)36(47)48)32(25-6-5-7-27(41)33(25)42)34(44-31)35(46)43-28-14-12-23(37(49)50)16-30(28)51-4/h5-7,12-17,21-22,31-32,34,44H,8-11,18-20H2,1-4H3,(H,43,46)(H,47,48)(H,49,50)/t21-,22-,31-,32-,34+,39-/m0/s1. The van der Waals surface area contributed by atoms with Gasteiger partial charge in [-0.1, -0.05) is 56.1 Å². The van der Waals surface area contributed by atoms with Crippen LogP contribution in [0.5, 0.6) is 5.75 Å². The Hall–Kier alpha value is -3.86. The summed E-state index contributed by atoms with van der Waals surface area (Å²) in [5.74, 6) is -3.57. The number of rotatable bonds is 9. The molecule has 12 heteroatoms. The first-order valence-corrected chi connectivity index (χ1v) is 18.1. The van der Waals surface area contributed by atoms with E-state index in [1.54, 1.807) is 12.1 Å². The summed E-state index contributed by atoms with van der Waals surface area (Å²) in [5, 5.41) is 26.2. The molecule has 3 aromatic rings. The SMILES string of the molecule is COc1cc(C(=O)O)ccc1NC(=O)[C@@H]1N[C@@H](CC(C)(C)C)[C@@]2(CN(C[C@H]3CC[C@H](C(=O)O)CC3)c3ccc(Cl)cc32)[C@H]1c1cccc(Cl)c1F. The lowest BCUT2D eigenvalue weighted by Crippen LogP contribution is -2.48. The summed E-state index contributed by atoms with van der Waals surface area (Å²) in [6.07, 6.45) is 3.45. The van der Waals surface area contributed by atoms with Gasteiger partial charge < -0.3 is 30.5 Å². The number of anilines is 2. The van der Waals surface area contributed by atoms with E-state index in [9.17, 15) is 24.6 Å². The molecule has 0 bridgehead atoms. The average Bonchev–Trinajstić information content (AvgIpc) is 3.55. The van der Waals surface area contributed by atoms with Gasteiger partial charge >= 0.3 is 11.9 Å². The molecular formula is C39H44Cl2FN3O6. The van der Waals surface area contributed by atoms with E-state index >= 15 is 4.39 Å². The van der Waals surface area contributed by atoms with Crippen molar-refractivity contribution in [1.82, 2.24) is 5.32 Å². The average molecular weight is 741 g/mol. The second-order valence-electron chi connectivity index (χ2n) is 15.4. The minimum atomic E-state index is -1.13. The molecule has 1 aliphatic carbocycles. The second-order valence-corrected chi connectivity index (χ2v) is 16.3. The Labute approximate surface area is 307 Å². The summed E-state index contributed by atoms with van der Waals surface area (Å²) in [4.78, 5) is 40.3. The molecule has 4 N–H and O–H groups in total. The number of nitrogens with zero attached hydrogens (tertiary/aromatic N) is 1. The summed E-state index contributed by atoms with van der Waals surface area (Å²) < 4.78 is 21.9. The van der Waals surface area contributed by atoms with E-state index in [1.165, 1.54) is 31.4 Å². The number of carboxylic acid groups (broad SMARTS) is 2. The molecule has 1 spiro atoms. The first-order valence-electron chi connectivity index (χ1n) is 17.3. The third-order valence-corrected chi connectivity index (χ3v) is 11.5. The Kier molecular flexibility index (Phi) is 10.3. The Bertz CT molecular complexity index is 1840. The number of methoxy groups -OCH3 is 1. The minimum absolute atomic E-state index is 0.00268. The van der Waals surface area contributed by atoms with Crippen LogP contribution in [0.4, 0.5) is 15.8 Å². The summed E-state index contributed by atoms with van der Waals surface area (Å²) in [6.45, 7) is 7.54. The number of nitrogens with one attached hydrogen (secondary N) is 2. The normalized spacial score (nSPS) is 25.9. The maximum atomic E-state index is 16.4. The fourth-order valence-electron chi connectivity index (χ4n) is 8.69. The van der Waals surface area contributed by atoms with Crippen LogP contribution < -0.4 is 20.3 Å². The number of carboxylic acids is 2. The van der Waals surface area contributed by atoms with Gasteiger partial charge in [0, 0.05) is 41.2 Å². The van der Waals surface area contributed by atoms with Crippen LogP contribution in [0, 0.1) is 23.1 Å². The molecule has 2 fully saturated rings. The first-order chi connectivity index (χ1) is 24.1. The number of carbonyl (C=O) groups excluding carboxylic acids is 1. The number of carbonyl (C=O) groups is 3. The van der Waals surface area contributed by atoms with Crippen molar-refractivity contribution in [3.05, 3.63) is 87.2 Å². The highest BCUT2D eigenvalue weighted by Crippen LogP contribution is 2.58. The highest BCUT2D eigenvalue weighted by Gasteiger charge is 2.63. The van der Waals surface area contributed by atoms with E-state index in [-0.39, 0.29) is 45.3 Å². The lowest BCUT2D eigenvalue weighted by atomic mass is 9.63. The van der Waals surface area contributed by atoms with Crippen LogP contribution >= 0.6 is 23.2 Å². The van der Waals surface area contributed by atoms with E-state index < -0.39 is 41.0 Å². The zero-order chi connectivity index (χ0) is 36.8. The van der Waals surface area contributed by atoms with Gasteiger partial charge in [-0.25, -0.2) is 9.18 Å². The maximum absolute atomic E-state index is 16.4. The van der Waals surface area contributed by atoms with Crippen molar-refractivity contribution in [2.24, 2.45) is 17.3 Å². The quantitative estimate of drug-likeness (QED) is 0.174. The monoisotopic (exact) mass is 739 g/mol. The second kappa shape index (κ2) is 14.3. The molecule has 272 valence electrons. The number of amides is 1. The topological polar surface area (TPSA) is 128 Å². The van der Waals surface area contributed by atoms with Crippen molar-refractivity contribution in [2.75, 3.05) is 30.4 Å². The highest BCUT2D eigenvalue weighted by molar-refractivity contribution is 6.31. The van der Waals surface area contributed by atoms with Gasteiger partial charge in [0.25, 0.3) is 0 Å². The summed E-state index contributed by atoms with van der Waals surface area (Å²) >= 11 is 13.2. The van der Waals surface area contributed by atoms with Gasteiger partial charge in [-0.2, -0.15) is 0 Å². The van der Waals surface area contributed by atoms with Crippen molar-refractivity contribution in [3.63, 3.8) is 0 Å². The molecule has 2 aliphatic heterocycles. The molecule has 4 atom stereocenters. The predicted octanol–water partition coefficient (Wildman–Crippen LogP) is 7.99. The fourth-order valence-corrected chi connectivity index (χ4v) is 9.04. The molecular weight excluding hydrogens is 696 g/mol. The maximum Gasteiger partial charge on any atom is 0.335 e. The Morgan fingerprint density at radius 1 is 1.04 bits per heavy atom. The summed E-state index contributed by atoms with van der Waals surface area (Å²) in [7, 11) is 1.39. The van der Waals surface area contributed by atoms with Crippen LogP contribution in [-0.4, -0.2) is 60.3 Å². The van der Waals surface area contributed by atoms with E-state index in [0.717, 1.165) is 24.1 Å². The predicted molar refractivity (Wildman–Crippen MR) is 196 cm³/mol. The van der Waals surface area contributed by atoms with Crippen LogP contribution in [0.25, 0.3) is 0 Å². The number of benzene rings is 3. The Morgan fingerprint density at radius 2 is 1.76 bits per heavy atom. The lowest BCUT2D eigenvalue weighted by Gasteiger charge is -2.41. The number of halogens is 3. The molecule has 6 rings (SSSR count). The smallest absolute Gasteiger partial charge is 0.335 e. The lowest BCUT2D eigenvalue weighted by molar-refractivity contribution is -0.143. The van der Waals surface area contributed by atoms with Crippen LogP contribution in [0.1, 0.15) is 80.3 Å². The van der Waals surface area contributed by atoms with E-state index in [4.69, 9.17) is 27.9 Å². The molecule has 2 heterocycles. The summed E-state index contributed by atoms with van der Waals surface area (Å²) in [5.41, 5.74) is 1.40. The first kappa shape index (κ1) is 36.9. The molecule has 0 unspecified atom stereocenters. The van der Waals surface area contributed by atoms with Crippen LogP contribution in [-0.2, 0) is 15.0 Å². The molecule has 9 nitrogen and oxygen atoms in total. The van der Waals surface area contributed by atoms with Gasteiger partial charge in [0.2, 0.25) is 5.91 Å². The Morgan fingerprint density at radius 3 is 2.41 bits per heavy atom. The van der Waals surface area contributed by atoms with Crippen LogP contribution in [0.3, 0.4) is 0 Å². The van der Waals surface area contributed by atoms with E-state index in [0.29, 0.717) is 42.9 Å². The van der Waals surface area contributed by atoms with Gasteiger partial charge in [-0.05, 0) is 97.0 Å². The van der Waals surface area contributed by atoms with Crippen molar-refractivity contribution in [2.45, 2.75) is 76.3 Å². The third-order valence-electron chi connectivity index (χ3n) is 10.9. The molecule has 0 radical (unpaired) electrons. The third kappa shape index (κ3) is 7.15. The molecule has 3 aromatic carbocycles. The van der Waals surface area contributed by atoms with Gasteiger partial charge in [0.05, 0.1) is 35.3 Å². The van der Waals surface area contributed by atoms with Gasteiger partial charge in [0.1, 0.15) is 11.6 Å². The van der Waals surface area contributed by atoms with E-state index in [2.05, 4.69) is 36.3 Å². The molecule has 1 amide bonds. The zero-order valence-corrected chi connectivity index (χ0v) is 30.7. The van der Waals surface area contributed by atoms with Gasteiger partial charge in [0.15, 0.2) is 0 Å². The number of hydrogen-bond donors (Lipinski definition) is 4. The molecule has 3 aliphatic rings. The number of aliphatic carboxylic acids is 1. The largest absolute Gasteiger partial charge is 0.495 e.